The summed E-state index contributed by atoms with van der Waals surface area (Å²) in [5, 5.41) is 10.8. The Hall–Kier alpha value is -2.42. The molecule has 0 saturated carbocycles. The summed E-state index contributed by atoms with van der Waals surface area (Å²) in [5.41, 5.74) is 9.60. The molecule has 0 fully saturated rings. The molecule has 0 aliphatic carbocycles. The van der Waals surface area contributed by atoms with Crippen LogP contribution in [0, 0.1) is 10.1 Å². The predicted octanol–water partition coefficient (Wildman–Crippen LogP) is -0.580. The summed E-state index contributed by atoms with van der Waals surface area (Å²) < 4.78 is 0. The summed E-state index contributed by atoms with van der Waals surface area (Å²) in [5.74, 6) is -1.83. The Kier molecular flexibility index (Phi) is 4.59. The third kappa shape index (κ3) is 4.07. The van der Waals surface area contributed by atoms with Crippen molar-refractivity contribution in [3.8, 4) is 0 Å². The van der Waals surface area contributed by atoms with Gasteiger partial charge in [-0.1, -0.05) is 11.6 Å². The summed E-state index contributed by atoms with van der Waals surface area (Å²) in [6, 6.07) is 2.33. The number of aromatic nitrogens is 1. The van der Waals surface area contributed by atoms with Gasteiger partial charge < -0.3 is 16.4 Å². The number of nitrogens with two attached hydrogens (primary N) is 2. The minimum Gasteiger partial charge on any atom is -0.368 e. The van der Waals surface area contributed by atoms with E-state index in [-0.39, 0.29) is 11.0 Å². The maximum Gasteiger partial charge on any atom is 0.311 e. The third-order valence-electron chi connectivity index (χ3n) is 2.01. The lowest BCUT2D eigenvalue weighted by atomic mass is 10.3. The molecule has 0 spiro atoms. The molecule has 1 aromatic rings. The molecule has 9 nitrogen and oxygen atoms in total. The molecule has 4 N–H and O–H groups in total. The van der Waals surface area contributed by atoms with Crippen LogP contribution in [-0.2, 0) is 9.59 Å². The van der Waals surface area contributed by atoms with Crippen LogP contribution in [0.1, 0.15) is 0 Å². The van der Waals surface area contributed by atoms with E-state index in [2.05, 4.69) is 4.98 Å². The maximum atomic E-state index is 10.9. The molecule has 0 bridgehead atoms. The second kappa shape index (κ2) is 5.96. The summed E-state index contributed by atoms with van der Waals surface area (Å²) in [6.45, 7) is -0.895. The molecule has 0 aliphatic rings. The van der Waals surface area contributed by atoms with Gasteiger partial charge in [-0.25, -0.2) is 4.98 Å². The highest BCUT2D eigenvalue weighted by Crippen LogP contribution is 2.27. The van der Waals surface area contributed by atoms with Gasteiger partial charge in [0.05, 0.1) is 18.0 Å². The van der Waals surface area contributed by atoms with Crippen LogP contribution in [0.2, 0.25) is 5.15 Å². The number of carbonyl (C=O) groups is 2. The third-order valence-corrected chi connectivity index (χ3v) is 2.22. The van der Waals surface area contributed by atoms with Crippen LogP contribution in [0.25, 0.3) is 0 Å². The number of amides is 2. The molecule has 0 atom stereocenters. The van der Waals surface area contributed by atoms with E-state index < -0.39 is 35.5 Å². The molecule has 1 heterocycles. The number of hydrogen-bond donors (Lipinski definition) is 2. The van der Waals surface area contributed by atoms with Crippen molar-refractivity contribution < 1.29 is 14.5 Å². The van der Waals surface area contributed by atoms with Crippen molar-refractivity contribution in [3.05, 3.63) is 27.4 Å². The van der Waals surface area contributed by atoms with Crippen LogP contribution in [0.5, 0.6) is 0 Å². The Bertz CT molecular complexity index is 519. The summed E-state index contributed by atoms with van der Waals surface area (Å²) in [6.07, 6.45) is 0. The predicted molar refractivity (Wildman–Crippen MR) is 66.5 cm³/mol. The molecule has 0 aliphatic heterocycles. The maximum absolute atomic E-state index is 10.9. The van der Waals surface area contributed by atoms with Crippen molar-refractivity contribution in [3.63, 3.8) is 0 Å². The molecule has 1 rings (SSSR count). The van der Waals surface area contributed by atoms with Gasteiger partial charge in [0.25, 0.3) is 0 Å². The van der Waals surface area contributed by atoms with Gasteiger partial charge in [-0.3, -0.25) is 19.7 Å². The molecular weight excluding hydrogens is 278 g/mol. The lowest BCUT2D eigenvalue weighted by Crippen LogP contribution is -2.40. The van der Waals surface area contributed by atoms with Gasteiger partial charge in [-0.05, 0) is 6.07 Å². The van der Waals surface area contributed by atoms with Gasteiger partial charge in [0.2, 0.25) is 17.6 Å². The Morgan fingerprint density at radius 3 is 2.26 bits per heavy atom. The largest absolute Gasteiger partial charge is 0.368 e. The second-order valence-electron chi connectivity index (χ2n) is 3.52. The monoisotopic (exact) mass is 287 g/mol. The first-order valence-corrected chi connectivity index (χ1v) is 5.31. The number of anilines is 1. The van der Waals surface area contributed by atoms with Crippen molar-refractivity contribution in [1.29, 1.82) is 0 Å². The van der Waals surface area contributed by atoms with E-state index in [0.29, 0.717) is 0 Å². The van der Waals surface area contributed by atoms with Crippen LogP contribution in [0.4, 0.5) is 11.5 Å². The number of nitro groups is 1. The number of nitrogens with zero attached hydrogens (tertiary/aromatic N) is 3. The molecule has 19 heavy (non-hydrogen) atoms. The van der Waals surface area contributed by atoms with Crippen molar-refractivity contribution in [2.45, 2.75) is 0 Å². The Labute approximate surface area is 112 Å². The molecule has 0 aromatic carbocycles. The highest BCUT2D eigenvalue weighted by molar-refractivity contribution is 6.29. The van der Waals surface area contributed by atoms with Gasteiger partial charge in [0.15, 0.2) is 0 Å². The van der Waals surface area contributed by atoms with Crippen LogP contribution in [-0.4, -0.2) is 34.8 Å². The number of halogens is 1. The Balaban J connectivity index is 3.26. The Morgan fingerprint density at radius 1 is 1.32 bits per heavy atom. The highest BCUT2D eigenvalue weighted by atomic mass is 35.5. The number of rotatable bonds is 6. The van der Waals surface area contributed by atoms with Crippen LogP contribution < -0.4 is 16.4 Å². The minimum absolute atomic E-state index is 0.0282. The molecule has 0 radical (unpaired) electrons. The molecule has 2 amide bonds. The fourth-order valence-corrected chi connectivity index (χ4v) is 1.52. The van der Waals surface area contributed by atoms with E-state index in [9.17, 15) is 19.7 Å². The number of hydrogen-bond acceptors (Lipinski definition) is 6. The van der Waals surface area contributed by atoms with Crippen molar-refractivity contribution >= 4 is 34.9 Å². The van der Waals surface area contributed by atoms with E-state index in [1.54, 1.807) is 0 Å². The molecule has 102 valence electrons. The minimum atomic E-state index is -0.794. The average Bonchev–Trinajstić information content (AvgIpc) is 2.26. The van der Waals surface area contributed by atoms with Gasteiger partial charge in [-0.2, -0.15) is 0 Å². The highest BCUT2D eigenvalue weighted by Gasteiger charge is 2.24. The average molecular weight is 288 g/mol. The van der Waals surface area contributed by atoms with E-state index in [1.807, 2.05) is 0 Å². The van der Waals surface area contributed by atoms with Gasteiger partial charge >= 0.3 is 5.69 Å². The van der Waals surface area contributed by atoms with E-state index in [0.717, 1.165) is 11.0 Å². The SMILES string of the molecule is NC(=O)CN(CC(N)=O)c1nc(Cl)ccc1[N+](=O)[O-]. The zero-order valence-corrected chi connectivity index (χ0v) is 10.3. The van der Waals surface area contributed by atoms with E-state index >= 15 is 0 Å². The number of pyridine rings is 1. The summed E-state index contributed by atoms with van der Waals surface area (Å²) in [7, 11) is 0. The lowest BCUT2D eigenvalue weighted by molar-refractivity contribution is -0.384. The van der Waals surface area contributed by atoms with E-state index in [4.69, 9.17) is 23.1 Å². The second-order valence-corrected chi connectivity index (χ2v) is 3.91. The Morgan fingerprint density at radius 2 is 1.84 bits per heavy atom. The van der Waals surface area contributed by atoms with Crippen LogP contribution in [0.3, 0.4) is 0 Å². The molecular formula is C9H10ClN5O4. The smallest absolute Gasteiger partial charge is 0.311 e. The zero-order valence-electron chi connectivity index (χ0n) is 9.58. The fraction of sp³-hybridized carbons (Fsp3) is 0.222. The first-order valence-electron chi connectivity index (χ1n) is 4.93. The summed E-state index contributed by atoms with van der Waals surface area (Å²) in [4.78, 5) is 36.7. The quantitative estimate of drug-likeness (QED) is 0.406. The first-order chi connectivity index (χ1) is 8.81. The van der Waals surface area contributed by atoms with Crippen LogP contribution >= 0.6 is 11.6 Å². The van der Waals surface area contributed by atoms with Crippen LogP contribution in [0.15, 0.2) is 12.1 Å². The van der Waals surface area contributed by atoms with Crippen molar-refractivity contribution in [2.24, 2.45) is 11.5 Å². The molecule has 0 unspecified atom stereocenters. The van der Waals surface area contributed by atoms with Crippen molar-refractivity contribution in [1.82, 2.24) is 4.98 Å². The van der Waals surface area contributed by atoms with Gasteiger partial charge in [-0.15, -0.1) is 0 Å². The van der Waals surface area contributed by atoms with Crippen molar-refractivity contribution in [2.75, 3.05) is 18.0 Å². The molecule has 1 aromatic heterocycles. The normalized spacial score (nSPS) is 9.95. The molecule has 10 heteroatoms. The molecule has 0 saturated heterocycles. The lowest BCUT2D eigenvalue weighted by Gasteiger charge is -2.20. The fourth-order valence-electron chi connectivity index (χ4n) is 1.38. The summed E-state index contributed by atoms with van der Waals surface area (Å²) >= 11 is 5.65. The number of carbonyl (C=O) groups excluding carboxylic acids is 2. The first kappa shape index (κ1) is 14.6. The topological polar surface area (TPSA) is 145 Å². The zero-order chi connectivity index (χ0) is 14.6. The standard InChI is InChI=1S/C9H10ClN5O4/c10-6-2-1-5(15(18)19)9(13-6)14(3-7(11)16)4-8(12)17/h1-2H,3-4H2,(H2,11,16)(H2,12,17). The van der Waals surface area contributed by atoms with Gasteiger partial charge in [0.1, 0.15) is 5.15 Å². The number of primary amides is 2. The van der Waals surface area contributed by atoms with E-state index in [1.165, 1.54) is 6.07 Å². The van der Waals surface area contributed by atoms with Gasteiger partial charge in [0, 0.05) is 6.07 Å².